The average molecular weight is 1440 g/mol. The van der Waals surface area contributed by atoms with E-state index in [1.807, 2.05) is 0 Å². The molecule has 0 aromatic carbocycles. The molecule has 0 bridgehead atoms. The lowest BCUT2D eigenvalue weighted by molar-refractivity contribution is -0.161. The molecule has 19 heteroatoms. The van der Waals surface area contributed by atoms with Crippen LogP contribution in [0, 0.1) is 11.8 Å². The number of hydrogen-bond acceptors (Lipinski definition) is 15. The zero-order valence-corrected chi connectivity index (χ0v) is 65.9. The van der Waals surface area contributed by atoms with Gasteiger partial charge in [0.1, 0.15) is 19.3 Å². The minimum atomic E-state index is -4.96. The Kier molecular flexibility index (Phi) is 69.3. The van der Waals surface area contributed by atoms with Gasteiger partial charge in [-0.05, 0) is 37.5 Å². The first-order valence-corrected chi connectivity index (χ1v) is 44.0. The zero-order valence-electron chi connectivity index (χ0n) is 64.1. The minimum absolute atomic E-state index is 0.107. The van der Waals surface area contributed by atoms with E-state index in [2.05, 4.69) is 41.5 Å². The third-order valence-corrected chi connectivity index (χ3v) is 20.7. The molecule has 582 valence electrons. The third-order valence-electron chi connectivity index (χ3n) is 18.8. The van der Waals surface area contributed by atoms with Crippen molar-refractivity contribution in [3.8, 4) is 0 Å². The number of esters is 4. The van der Waals surface area contributed by atoms with Crippen molar-refractivity contribution < 1.29 is 80.2 Å². The quantitative estimate of drug-likeness (QED) is 0.0222. The van der Waals surface area contributed by atoms with E-state index in [1.165, 1.54) is 231 Å². The number of carbonyl (C=O) groups is 4. The average Bonchev–Trinajstić information content (AvgIpc) is 0.983. The molecule has 0 aliphatic heterocycles. The van der Waals surface area contributed by atoms with Crippen LogP contribution in [0.4, 0.5) is 0 Å². The van der Waals surface area contributed by atoms with Crippen LogP contribution in [0.2, 0.25) is 0 Å². The van der Waals surface area contributed by atoms with Gasteiger partial charge in [-0.1, -0.05) is 363 Å². The molecular formula is C79H154O17P2. The summed E-state index contributed by atoms with van der Waals surface area (Å²) in [5, 5.41) is 10.6. The van der Waals surface area contributed by atoms with E-state index in [-0.39, 0.29) is 25.7 Å². The number of phosphoric ester groups is 2. The second-order valence-corrected chi connectivity index (χ2v) is 32.1. The van der Waals surface area contributed by atoms with Crippen LogP contribution in [-0.2, 0) is 65.4 Å². The fourth-order valence-electron chi connectivity index (χ4n) is 12.2. The lowest BCUT2D eigenvalue weighted by Gasteiger charge is -2.21. The molecule has 3 N–H and O–H groups in total. The smallest absolute Gasteiger partial charge is 0.462 e. The molecule has 0 amide bonds. The van der Waals surface area contributed by atoms with Crippen molar-refractivity contribution in [3.05, 3.63) is 0 Å². The van der Waals surface area contributed by atoms with E-state index >= 15 is 0 Å². The number of phosphoric acid groups is 2. The largest absolute Gasteiger partial charge is 0.472 e. The van der Waals surface area contributed by atoms with Crippen molar-refractivity contribution in [1.29, 1.82) is 0 Å². The molecule has 0 aromatic rings. The summed E-state index contributed by atoms with van der Waals surface area (Å²) in [5.41, 5.74) is 0. The molecule has 0 aliphatic carbocycles. The summed E-state index contributed by atoms with van der Waals surface area (Å²) in [6.07, 6.45) is 59.4. The summed E-state index contributed by atoms with van der Waals surface area (Å²) in [7, 11) is -9.92. The van der Waals surface area contributed by atoms with Crippen LogP contribution < -0.4 is 0 Å². The fraction of sp³-hybridized carbons (Fsp3) is 0.949. The Morgan fingerprint density at radius 2 is 0.520 bits per heavy atom. The number of unbranched alkanes of at least 4 members (excludes halogenated alkanes) is 47. The first-order valence-electron chi connectivity index (χ1n) is 41.0. The zero-order chi connectivity index (χ0) is 72.1. The molecule has 98 heavy (non-hydrogen) atoms. The number of hydrogen-bond donors (Lipinski definition) is 3. The van der Waals surface area contributed by atoms with Crippen molar-refractivity contribution in [3.63, 3.8) is 0 Å². The maximum atomic E-state index is 13.1. The Bertz CT molecular complexity index is 1890. The number of rotatable bonds is 78. The summed E-state index contributed by atoms with van der Waals surface area (Å²) >= 11 is 0. The van der Waals surface area contributed by atoms with Crippen LogP contribution >= 0.6 is 15.6 Å². The molecule has 0 saturated heterocycles. The van der Waals surface area contributed by atoms with E-state index in [9.17, 15) is 43.2 Å². The van der Waals surface area contributed by atoms with Crippen LogP contribution in [-0.4, -0.2) is 96.7 Å². The number of aliphatic hydroxyl groups is 1. The SMILES string of the molecule is CCCCCCCCCCCCCCCCCCC(=O)OC[C@H](COP(=O)(O)OC[C@@H](O)COP(=O)(O)OC[C@@H](COC(=O)CCCCCCCCCCC(C)CC)OC(=O)CCCCCCCCCCCCCCC)OC(=O)CCCCCCCCCCCCCCCCC(C)C. The summed E-state index contributed by atoms with van der Waals surface area (Å²) in [4.78, 5) is 73.0. The van der Waals surface area contributed by atoms with Crippen molar-refractivity contribution in [2.75, 3.05) is 39.6 Å². The van der Waals surface area contributed by atoms with Crippen LogP contribution in [0.3, 0.4) is 0 Å². The maximum Gasteiger partial charge on any atom is 0.472 e. The first kappa shape index (κ1) is 96.1. The molecule has 0 fully saturated rings. The van der Waals surface area contributed by atoms with E-state index < -0.39 is 97.5 Å². The van der Waals surface area contributed by atoms with E-state index in [1.54, 1.807) is 0 Å². The summed E-state index contributed by atoms with van der Waals surface area (Å²) < 4.78 is 68.7. The predicted molar refractivity (Wildman–Crippen MR) is 400 cm³/mol. The normalized spacial score (nSPS) is 14.2. The Morgan fingerprint density at radius 1 is 0.296 bits per heavy atom. The minimum Gasteiger partial charge on any atom is -0.462 e. The van der Waals surface area contributed by atoms with Crippen molar-refractivity contribution in [2.45, 2.75) is 432 Å². The lowest BCUT2D eigenvalue weighted by atomic mass is 9.99. The standard InChI is InChI=1S/C79H154O17P2/c1-7-10-12-14-16-18-20-22-23-24-29-32-36-43-49-55-61-76(81)89-67-74(95-79(84)64-58-52-46-38-34-30-26-25-28-31-35-41-47-53-59-71(4)5)69-93-97(85,86)91-65-73(80)66-92-98(87,88)94-70-75(68-90-77(82)62-56-50-44-40-39-42-48-54-60-72(6)9-3)96-78(83)63-57-51-45-37-33-27-21-19-17-15-13-11-8-2/h71-75,80H,7-70H2,1-6H3,(H,85,86)(H,87,88)/t72?,73-,74-,75-/m1/s1. The Labute approximate surface area is 600 Å². The highest BCUT2D eigenvalue weighted by Crippen LogP contribution is 2.45. The Balaban J connectivity index is 5.26. The van der Waals surface area contributed by atoms with Gasteiger partial charge in [0.05, 0.1) is 26.4 Å². The van der Waals surface area contributed by atoms with E-state index in [4.69, 9.17) is 37.0 Å². The highest BCUT2D eigenvalue weighted by Gasteiger charge is 2.30. The topological polar surface area (TPSA) is 237 Å². The molecule has 6 atom stereocenters. The van der Waals surface area contributed by atoms with Gasteiger partial charge in [0.15, 0.2) is 12.2 Å². The molecule has 0 spiro atoms. The maximum absolute atomic E-state index is 13.1. The predicted octanol–water partition coefficient (Wildman–Crippen LogP) is 23.5. The first-order chi connectivity index (χ1) is 47.4. The van der Waals surface area contributed by atoms with Gasteiger partial charge in [0.25, 0.3) is 0 Å². The second-order valence-electron chi connectivity index (χ2n) is 29.2. The molecule has 0 saturated carbocycles. The van der Waals surface area contributed by atoms with Gasteiger partial charge in [-0.15, -0.1) is 0 Å². The van der Waals surface area contributed by atoms with Crippen LogP contribution in [0.5, 0.6) is 0 Å². The van der Waals surface area contributed by atoms with Gasteiger partial charge in [0, 0.05) is 25.7 Å². The van der Waals surface area contributed by atoms with Gasteiger partial charge in [-0.25, -0.2) is 9.13 Å². The van der Waals surface area contributed by atoms with Gasteiger partial charge in [-0.3, -0.25) is 37.3 Å². The third kappa shape index (κ3) is 71.1. The van der Waals surface area contributed by atoms with Gasteiger partial charge >= 0.3 is 39.5 Å². The van der Waals surface area contributed by atoms with Crippen molar-refractivity contribution in [2.24, 2.45) is 11.8 Å². The number of carbonyl (C=O) groups excluding carboxylic acids is 4. The molecule has 17 nitrogen and oxygen atoms in total. The molecule has 0 radical (unpaired) electrons. The van der Waals surface area contributed by atoms with Gasteiger partial charge < -0.3 is 33.8 Å². The number of aliphatic hydroxyl groups excluding tert-OH is 1. The fourth-order valence-corrected chi connectivity index (χ4v) is 13.7. The van der Waals surface area contributed by atoms with Gasteiger partial charge in [0.2, 0.25) is 0 Å². The highest BCUT2D eigenvalue weighted by atomic mass is 31.2. The lowest BCUT2D eigenvalue weighted by Crippen LogP contribution is -2.30. The molecule has 3 unspecified atom stereocenters. The van der Waals surface area contributed by atoms with Gasteiger partial charge in [-0.2, -0.15) is 0 Å². The van der Waals surface area contributed by atoms with Crippen LogP contribution in [0.15, 0.2) is 0 Å². The highest BCUT2D eigenvalue weighted by molar-refractivity contribution is 7.47. The molecule has 0 heterocycles. The van der Waals surface area contributed by atoms with Crippen LogP contribution in [0.25, 0.3) is 0 Å². The second kappa shape index (κ2) is 70.7. The van der Waals surface area contributed by atoms with E-state index in [0.717, 1.165) is 102 Å². The Morgan fingerprint density at radius 3 is 0.776 bits per heavy atom. The summed E-state index contributed by atoms with van der Waals surface area (Å²) in [6, 6.07) is 0. The van der Waals surface area contributed by atoms with Crippen molar-refractivity contribution >= 4 is 39.5 Å². The molecule has 0 aliphatic rings. The Hall–Kier alpha value is -1.94. The molecule has 0 aromatic heterocycles. The summed E-state index contributed by atoms with van der Waals surface area (Å²) in [5.74, 6) is -0.536. The monoisotopic (exact) mass is 1440 g/mol. The van der Waals surface area contributed by atoms with Crippen LogP contribution in [0.1, 0.15) is 414 Å². The number of ether oxygens (including phenoxy) is 4. The van der Waals surface area contributed by atoms with Crippen molar-refractivity contribution in [1.82, 2.24) is 0 Å². The molecule has 0 rings (SSSR count). The van der Waals surface area contributed by atoms with E-state index in [0.29, 0.717) is 25.7 Å². The summed E-state index contributed by atoms with van der Waals surface area (Å²) in [6.45, 7) is 9.65. The molecular weight excluding hydrogens is 1280 g/mol.